The number of thioether (sulfide) groups is 1. The van der Waals surface area contributed by atoms with E-state index in [2.05, 4.69) is 10.3 Å². The predicted octanol–water partition coefficient (Wildman–Crippen LogP) is 4.11. The number of amides is 1. The Labute approximate surface area is 187 Å². The zero-order valence-electron chi connectivity index (χ0n) is 16.9. The van der Waals surface area contributed by atoms with E-state index in [-0.39, 0.29) is 22.5 Å². The van der Waals surface area contributed by atoms with Gasteiger partial charge in [0.1, 0.15) is 11.6 Å². The average molecular weight is 451 g/mol. The smallest absolute Gasteiger partial charge is 0.266 e. The minimum absolute atomic E-state index is 0.0115. The first-order chi connectivity index (χ1) is 15.5. The van der Waals surface area contributed by atoms with Gasteiger partial charge in [0.15, 0.2) is 5.16 Å². The number of benzene rings is 3. The van der Waals surface area contributed by atoms with Crippen molar-refractivity contribution in [3.63, 3.8) is 0 Å². The van der Waals surface area contributed by atoms with E-state index in [0.717, 1.165) is 28.0 Å². The van der Waals surface area contributed by atoms with Crippen molar-refractivity contribution in [3.05, 3.63) is 100 Å². The first-order valence-corrected chi connectivity index (χ1v) is 10.9. The summed E-state index contributed by atoms with van der Waals surface area (Å²) < 4.78 is 29.0. The molecule has 1 aromatic heterocycles. The molecule has 32 heavy (non-hydrogen) atoms. The second kappa shape index (κ2) is 9.74. The quantitative estimate of drug-likeness (QED) is 0.339. The topological polar surface area (TPSA) is 64.0 Å². The fraction of sp³-hybridized carbons (Fsp3) is 0.125. The van der Waals surface area contributed by atoms with Gasteiger partial charge >= 0.3 is 0 Å². The van der Waals surface area contributed by atoms with E-state index < -0.39 is 17.2 Å². The third-order valence-electron chi connectivity index (χ3n) is 4.81. The van der Waals surface area contributed by atoms with E-state index in [0.29, 0.717) is 29.9 Å². The van der Waals surface area contributed by atoms with Gasteiger partial charge in [-0.15, -0.1) is 0 Å². The Morgan fingerprint density at radius 2 is 1.75 bits per heavy atom. The first-order valence-electron chi connectivity index (χ1n) is 9.93. The molecule has 0 unspecified atom stereocenters. The van der Waals surface area contributed by atoms with Crippen LogP contribution in [-0.2, 0) is 11.2 Å². The molecule has 0 atom stereocenters. The third kappa shape index (κ3) is 4.86. The zero-order chi connectivity index (χ0) is 22.5. The maximum Gasteiger partial charge on any atom is 0.266 e. The molecule has 0 radical (unpaired) electrons. The van der Waals surface area contributed by atoms with Gasteiger partial charge in [0.2, 0.25) is 5.91 Å². The molecule has 1 amide bonds. The van der Waals surface area contributed by atoms with Gasteiger partial charge in [0, 0.05) is 12.6 Å². The molecule has 8 heteroatoms. The molecular weight excluding hydrogens is 432 g/mol. The van der Waals surface area contributed by atoms with Gasteiger partial charge in [-0.1, -0.05) is 54.2 Å². The first kappa shape index (κ1) is 21.7. The number of nitrogens with one attached hydrogen (secondary N) is 1. The molecule has 0 aliphatic carbocycles. The van der Waals surface area contributed by atoms with E-state index in [9.17, 15) is 18.4 Å². The molecule has 0 fully saturated rings. The van der Waals surface area contributed by atoms with Crippen LogP contribution in [0, 0.1) is 11.6 Å². The molecule has 1 heterocycles. The van der Waals surface area contributed by atoms with Gasteiger partial charge in [0.25, 0.3) is 5.56 Å². The average Bonchev–Trinajstić information content (AvgIpc) is 2.79. The van der Waals surface area contributed by atoms with Crippen molar-refractivity contribution in [2.75, 3.05) is 12.3 Å². The molecule has 4 rings (SSSR count). The Hall–Kier alpha value is -3.52. The monoisotopic (exact) mass is 451 g/mol. The second-order valence-electron chi connectivity index (χ2n) is 7.02. The van der Waals surface area contributed by atoms with Crippen molar-refractivity contribution in [2.24, 2.45) is 0 Å². The Morgan fingerprint density at radius 1 is 1.00 bits per heavy atom. The molecule has 5 nitrogen and oxygen atoms in total. The Bertz CT molecular complexity index is 1330. The Morgan fingerprint density at radius 3 is 2.53 bits per heavy atom. The highest BCUT2D eigenvalue weighted by atomic mass is 32.2. The summed E-state index contributed by atoms with van der Waals surface area (Å²) in [6.45, 7) is 0.466. The number of hydrogen-bond acceptors (Lipinski definition) is 4. The summed E-state index contributed by atoms with van der Waals surface area (Å²) in [4.78, 5) is 29.9. The SMILES string of the molecule is O=C(CSc1nc2ccccc2c(=O)n1-c1ccc(F)cc1F)NCCc1ccccc1. The minimum Gasteiger partial charge on any atom is -0.355 e. The maximum absolute atomic E-state index is 14.5. The molecular formula is C24H19F2N3O2S. The summed E-state index contributed by atoms with van der Waals surface area (Å²) in [6, 6.07) is 19.4. The normalized spacial score (nSPS) is 10.9. The van der Waals surface area contributed by atoms with Gasteiger partial charge in [-0.3, -0.25) is 14.2 Å². The Kier molecular flexibility index (Phi) is 6.61. The minimum atomic E-state index is -0.890. The van der Waals surface area contributed by atoms with E-state index >= 15 is 0 Å². The van der Waals surface area contributed by atoms with E-state index in [1.807, 2.05) is 30.3 Å². The van der Waals surface area contributed by atoms with Crippen LogP contribution in [0.3, 0.4) is 0 Å². The third-order valence-corrected chi connectivity index (χ3v) is 5.75. The fourth-order valence-corrected chi connectivity index (χ4v) is 4.09. The molecule has 0 saturated carbocycles. The summed E-state index contributed by atoms with van der Waals surface area (Å²) in [5.74, 6) is -1.89. The zero-order valence-corrected chi connectivity index (χ0v) is 17.7. The number of aromatic nitrogens is 2. The number of carbonyl (C=O) groups is 1. The highest BCUT2D eigenvalue weighted by Crippen LogP contribution is 2.23. The number of para-hydroxylation sites is 1. The van der Waals surface area contributed by atoms with Crippen molar-refractivity contribution < 1.29 is 13.6 Å². The molecule has 1 N–H and O–H groups in total. The lowest BCUT2D eigenvalue weighted by Gasteiger charge is -2.14. The lowest BCUT2D eigenvalue weighted by atomic mass is 10.1. The van der Waals surface area contributed by atoms with Gasteiger partial charge in [-0.25, -0.2) is 13.8 Å². The summed E-state index contributed by atoms with van der Waals surface area (Å²) in [7, 11) is 0. The number of hydrogen-bond donors (Lipinski definition) is 1. The van der Waals surface area contributed by atoms with Crippen molar-refractivity contribution >= 4 is 28.6 Å². The van der Waals surface area contributed by atoms with E-state index in [1.165, 1.54) is 6.07 Å². The van der Waals surface area contributed by atoms with Crippen LogP contribution in [0.5, 0.6) is 0 Å². The Balaban J connectivity index is 1.57. The molecule has 0 spiro atoms. The highest BCUT2D eigenvalue weighted by Gasteiger charge is 2.17. The maximum atomic E-state index is 14.5. The molecule has 0 aliphatic heterocycles. The fourth-order valence-electron chi connectivity index (χ4n) is 3.26. The van der Waals surface area contributed by atoms with Gasteiger partial charge < -0.3 is 5.32 Å². The van der Waals surface area contributed by atoms with Crippen LogP contribution in [0.25, 0.3) is 16.6 Å². The van der Waals surface area contributed by atoms with Gasteiger partial charge in [-0.05, 0) is 36.2 Å². The lowest BCUT2D eigenvalue weighted by Crippen LogP contribution is -2.28. The summed E-state index contributed by atoms with van der Waals surface area (Å²) in [5, 5.41) is 3.28. The van der Waals surface area contributed by atoms with Crippen LogP contribution in [0.15, 0.2) is 82.7 Å². The van der Waals surface area contributed by atoms with Crippen LogP contribution >= 0.6 is 11.8 Å². The van der Waals surface area contributed by atoms with Crippen LogP contribution < -0.4 is 10.9 Å². The largest absolute Gasteiger partial charge is 0.355 e. The van der Waals surface area contributed by atoms with E-state index in [1.54, 1.807) is 24.3 Å². The summed E-state index contributed by atoms with van der Waals surface area (Å²) in [5.41, 5.74) is 0.926. The van der Waals surface area contributed by atoms with Crippen LogP contribution in [0.2, 0.25) is 0 Å². The van der Waals surface area contributed by atoms with E-state index in [4.69, 9.17) is 0 Å². The lowest BCUT2D eigenvalue weighted by molar-refractivity contribution is -0.118. The van der Waals surface area contributed by atoms with Crippen molar-refractivity contribution in [2.45, 2.75) is 11.6 Å². The van der Waals surface area contributed by atoms with Crippen LogP contribution in [0.1, 0.15) is 5.56 Å². The van der Waals surface area contributed by atoms with Gasteiger partial charge in [0.05, 0.1) is 22.3 Å². The molecule has 0 saturated heterocycles. The van der Waals surface area contributed by atoms with Crippen LogP contribution in [0.4, 0.5) is 8.78 Å². The molecule has 4 aromatic rings. The predicted molar refractivity (Wildman–Crippen MR) is 121 cm³/mol. The molecule has 162 valence electrons. The number of nitrogens with zero attached hydrogens (tertiary/aromatic N) is 2. The number of rotatable bonds is 7. The molecule has 0 bridgehead atoms. The second-order valence-corrected chi connectivity index (χ2v) is 7.96. The summed E-state index contributed by atoms with van der Waals surface area (Å²) in [6.07, 6.45) is 0.691. The van der Waals surface area contributed by atoms with Gasteiger partial charge in [-0.2, -0.15) is 0 Å². The standard InChI is InChI=1S/C24H19F2N3O2S/c25-17-10-11-21(19(26)14-17)29-23(31)18-8-4-5-9-20(18)28-24(29)32-15-22(30)27-13-12-16-6-2-1-3-7-16/h1-11,14H,12-13,15H2,(H,27,30). The number of fused-ring (bicyclic) bond motifs is 1. The van der Waals surface area contributed by atoms with Crippen LogP contribution in [-0.4, -0.2) is 27.8 Å². The summed E-state index contributed by atoms with van der Waals surface area (Å²) >= 11 is 1.02. The number of carbonyl (C=O) groups excluding carboxylic acids is 1. The van der Waals surface area contributed by atoms with Crippen molar-refractivity contribution in [1.82, 2.24) is 14.9 Å². The molecule has 0 aliphatic rings. The highest BCUT2D eigenvalue weighted by molar-refractivity contribution is 7.99. The molecule has 3 aromatic carbocycles. The number of halogens is 2. The van der Waals surface area contributed by atoms with Crippen molar-refractivity contribution in [1.29, 1.82) is 0 Å². The van der Waals surface area contributed by atoms with Crippen molar-refractivity contribution in [3.8, 4) is 5.69 Å².